The summed E-state index contributed by atoms with van der Waals surface area (Å²) in [7, 11) is 0. The Bertz CT molecular complexity index is 131. The number of aliphatic hydroxyl groups excluding tert-OH is 1. The van der Waals surface area contributed by atoms with Crippen molar-refractivity contribution in [3.05, 3.63) is 0 Å². The number of aliphatic hydroxyl groups is 1. The van der Waals surface area contributed by atoms with E-state index in [1.54, 1.807) is 0 Å². The van der Waals surface area contributed by atoms with Crippen molar-refractivity contribution in [3.63, 3.8) is 0 Å². The van der Waals surface area contributed by atoms with Crippen LogP contribution in [-0.2, 0) is 0 Å². The summed E-state index contributed by atoms with van der Waals surface area (Å²) >= 11 is 0. The molecule has 3 unspecified atom stereocenters. The first-order valence-electron chi connectivity index (χ1n) is 4.29. The highest BCUT2D eigenvalue weighted by molar-refractivity contribution is 5.85. The second kappa shape index (κ2) is 3.74. The maximum atomic E-state index is 9.54. The Morgan fingerprint density at radius 1 is 1.18 bits per heavy atom. The first kappa shape index (κ1) is 9.30. The fraction of sp³-hybridized carbons (Fsp3) is 1.00. The van der Waals surface area contributed by atoms with Crippen molar-refractivity contribution in [3.8, 4) is 0 Å². The highest BCUT2D eigenvalue weighted by atomic mass is 35.5. The summed E-state index contributed by atoms with van der Waals surface area (Å²) in [6.07, 6.45) is 4.69. The zero-order valence-electron chi connectivity index (χ0n) is 6.62. The van der Waals surface area contributed by atoms with Gasteiger partial charge in [0.05, 0.1) is 6.10 Å². The summed E-state index contributed by atoms with van der Waals surface area (Å²) in [6, 6.07) is 0.642. The predicted molar refractivity (Wildman–Crippen MR) is 47.0 cm³/mol. The molecule has 0 aromatic heterocycles. The Kier molecular flexibility index (Phi) is 3.16. The predicted octanol–water partition coefficient (Wildman–Crippen LogP) is 0.931. The standard InChI is InChI=1S/C8H15NO.ClH/c10-8-3-1-2-7-6(8)4-5-9-7;/h6-10H,1-5H2;1H. The lowest BCUT2D eigenvalue weighted by Crippen LogP contribution is -2.37. The molecule has 2 nitrogen and oxygen atoms in total. The van der Waals surface area contributed by atoms with Gasteiger partial charge in [-0.1, -0.05) is 0 Å². The van der Waals surface area contributed by atoms with E-state index < -0.39 is 0 Å². The fourth-order valence-electron chi connectivity index (χ4n) is 2.33. The Hall–Kier alpha value is 0.210. The number of rotatable bonds is 0. The van der Waals surface area contributed by atoms with E-state index >= 15 is 0 Å². The summed E-state index contributed by atoms with van der Waals surface area (Å²) < 4.78 is 0. The Balaban J connectivity index is 0.000000605. The smallest absolute Gasteiger partial charge is 0.0583 e. The lowest BCUT2D eigenvalue weighted by Gasteiger charge is -2.29. The summed E-state index contributed by atoms with van der Waals surface area (Å²) in [5.41, 5.74) is 0. The van der Waals surface area contributed by atoms with Crippen LogP contribution >= 0.6 is 12.4 Å². The van der Waals surface area contributed by atoms with Crippen LogP contribution in [0.1, 0.15) is 25.7 Å². The molecule has 2 aliphatic rings. The summed E-state index contributed by atoms with van der Waals surface area (Å²) in [4.78, 5) is 0. The van der Waals surface area contributed by atoms with Crippen LogP contribution in [0.2, 0.25) is 0 Å². The molecule has 0 aromatic rings. The second-order valence-electron chi connectivity index (χ2n) is 3.51. The largest absolute Gasteiger partial charge is 0.393 e. The van der Waals surface area contributed by atoms with Gasteiger partial charge in [-0.2, -0.15) is 0 Å². The van der Waals surface area contributed by atoms with Crippen molar-refractivity contribution in [2.45, 2.75) is 37.8 Å². The SMILES string of the molecule is Cl.OC1CCCC2NCCC12. The monoisotopic (exact) mass is 177 g/mol. The van der Waals surface area contributed by atoms with Crippen LogP contribution in [0.4, 0.5) is 0 Å². The molecule has 1 aliphatic carbocycles. The van der Waals surface area contributed by atoms with Crippen LogP contribution in [-0.4, -0.2) is 23.8 Å². The molecular weight excluding hydrogens is 162 g/mol. The average Bonchev–Trinajstić information content (AvgIpc) is 2.36. The Morgan fingerprint density at radius 2 is 2.00 bits per heavy atom. The van der Waals surface area contributed by atoms with Gasteiger partial charge in [-0.05, 0) is 32.2 Å². The molecular formula is C8H16ClNO. The van der Waals surface area contributed by atoms with E-state index in [2.05, 4.69) is 5.32 Å². The van der Waals surface area contributed by atoms with E-state index in [4.69, 9.17) is 0 Å². The number of nitrogens with one attached hydrogen (secondary N) is 1. The minimum Gasteiger partial charge on any atom is -0.393 e. The minimum atomic E-state index is -0.00579. The Morgan fingerprint density at radius 3 is 2.73 bits per heavy atom. The van der Waals surface area contributed by atoms with E-state index in [1.807, 2.05) is 0 Å². The molecule has 0 radical (unpaired) electrons. The molecule has 0 bridgehead atoms. The van der Waals surface area contributed by atoms with Gasteiger partial charge in [0.1, 0.15) is 0 Å². The number of hydrogen-bond acceptors (Lipinski definition) is 2. The van der Waals surface area contributed by atoms with Crippen molar-refractivity contribution < 1.29 is 5.11 Å². The first-order chi connectivity index (χ1) is 4.88. The van der Waals surface area contributed by atoms with Crippen LogP contribution in [0, 0.1) is 5.92 Å². The van der Waals surface area contributed by atoms with E-state index in [-0.39, 0.29) is 18.5 Å². The van der Waals surface area contributed by atoms with E-state index in [0.717, 1.165) is 13.0 Å². The topological polar surface area (TPSA) is 32.3 Å². The summed E-state index contributed by atoms with van der Waals surface area (Å²) in [5, 5.41) is 13.0. The fourth-order valence-corrected chi connectivity index (χ4v) is 2.33. The molecule has 11 heavy (non-hydrogen) atoms. The normalized spacial score (nSPS) is 42.8. The van der Waals surface area contributed by atoms with E-state index in [0.29, 0.717) is 12.0 Å². The van der Waals surface area contributed by atoms with Gasteiger partial charge >= 0.3 is 0 Å². The minimum absolute atomic E-state index is 0. The molecule has 3 atom stereocenters. The lowest BCUT2D eigenvalue weighted by molar-refractivity contribution is 0.0652. The third-order valence-corrected chi connectivity index (χ3v) is 2.91. The molecule has 0 spiro atoms. The molecule has 1 heterocycles. The van der Waals surface area contributed by atoms with Crippen LogP contribution in [0.3, 0.4) is 0 Å². The highest BCUT2D eigenvalue weighted by Crippen LogP contribution is 2.30. The van der Waals surface area contributed by atoms with Gasteiger partial charge < -0.3 is 10.4 Å². The maximum Gasteiger partial charge on any atom is 0.0583 e. The number of hydrogen-bond donors (Lipinski definition) is 2. The molecule has 2 rings (SSSR count). The van der Waals surface area contributed by atoms with Crippen LogP contribution < -0.4 is 5.32 Å². The van der Waals surface area contributed by atoms with Gasteiger partial charge in [0.25, 0.3) is 0 Å². The summed E-state index contributed by atoms with van der Waals surface area (Å²) in [5.74, 6) is 0.578. The van der Waals surface area contributed by atoms with Gasteiger partial charge in [-0.25, -0.2) is 0 Å². The molecule has 2 N–H and O–H groups in total. The van der Waals surface area contributed by atoms with Crippen molar-refractivity contribution in [2.24, 2.45) is 5.92 Å². The molecule has 1 saturated carbocycles. The molecule has 0 aromatic carbocycles. The average molecular weight is 178 g/mol. The van der Waals surface area contributed by atoms with Crippen LogP contribution in [0.15, 0.2) is 0 Å². The first-order valence-corrected chi connectivity index (χ1v) is 4.29. The second-order valence-corrected chi connectivity index (χ2v) is 3.51. The molecule has 0 amide bonds. The third-order valence-electron chi connectivity index (χ3n) is 2.91. The molecule has 66 valence electrons. The lowest BCUT2D eigenvalue weighted by atomic mass is 9.83. The van der Waals surface area contributed by atoms with E-state index in [9.17, 15) is 5.11 Å². The highest BCUT2D eigenvalue weighted by Gasteiger charge is 2.34. The van der Waals surface area contributed by atoms with Crippen LogP contribution in [0.25, 0.3) is 0 Å². The maximum absolute atomic E-state index is 9.54. The number of fused-ring (bicyclic) bond motifs is 1. The van der Waals surface area contributed by atoms with Crippen LogP contribution in [0.5, 0.6) is 0 Å². The number of halogens is 1. The Labute approximate surface area is 73.8 Å². The summed E-state index contributed by atoms with van der Waals surface area (Å²) in [6.45, 7) is 1.12. The van der Waals surface area contributed by atoms with Gasteiger partial charge in [-0.15, -0.1) is 12.4 Å². The van der Waals surface area contributed by atoms with Crippen molar-refractivity contribution >= 4 is 12.4 Å². The van der Waals surface area contributed by atoms with Crippen molar-refractivity contribution in [1.82, 2.24) is 5.32 Å². The van der Waals surface area contributed by atoms with Gasteiger partial charge in [-0.3, -0.25) is 0 Å². The molecule has 1 aliphatic heterocycles. The van der Waals surface area contributed by atoms with Crippen molar-refractivity contribution in [1.29, 1.82) is 0 Å². The zero-order chi connectivity index (χ0) is 6.97. The van der Waals surface area contributed by atoms with Crippen molar-refractivity contribution in [2.75, 3.05) is 6.54 Å². The van der Waals surface area contributed by atoms with Gasteiger partial charge in [0.15, 0.2) is 0 Å². The van der Waals surface area contributed by atoms with Gasteiger partial charge in [0, 0.05) is 12.0 Å². The zero-order valence-corrected chi connectivity index (χ0v) is 7.44. The third kappa shape index (κ3) is 1.68. The molecule has 2 fully saturated rings. The molecule has 1 saturated heterocycles. The van der Waals surface area contributed by atoms with Gasteiger partial charge in [0.2, 0.25) is 0 Å². The quantitative estimate of drug-likeness (QED) is 0.577. The van der Waals surface area contributed by atoms with E-state index in [1.165, 1.54) is 19.3 Å². The molecule has 3 heteroatoms.